The molecular weight excluding hydrogens is 368 g/mol. The number of carbonyl (C=O) groups excluding carboxylic acids is 2. The predicted octanol–water partition coefficient (Wildman–Crippen LogP) is 2.63. The quantitative estimate of drug-likeness (QED) is 0.786. The number of anilines is 1. The van der Waals surface area contributed by atoms with Crippen molar-refractivity contribution in [3.8, 4) is 0 Å². The molecule has 3 fully saturated rings. The second kappa shape index (κ2) is 6.71. The van der Waals surface area contributed by atoms with Crippen molar-refractivity contribution in [2.45, 2.75) is 45.1 Å². The molecule has 3 amide bonds. The lowest BCUT2D eigenvalue weighted by atomic mass is 9.85. The first-order valence-corrected chi connectivity index (χ1v) is 10.7. The van der Waals surface area contributed by atoms with Crippen LogP contribution in [0.25, 0.3) is 11.0 Å². The van der Waals surface area contributed by atoms with Gasteiger partial charge in [0.05, 0.1) is 5.39 Å². The number of hydrogen-bond donors (Lipinski definition) is 1. The van der Waals surface area contributed by atoms with Gasteiger partial charge in [-0.15, -0.1) is 0 Å². The molecule has 2 aromatic rings. The average molecular weight is 396 g/mol. The van der Waals surface area contributed by atoms with Crippen molar-refractivity contribution in [3.05, 3.63) is 18.6 Å². The van der Waals surface area contributed by atoms with Gasteiger partial charge in [-0.1, -0.05) is 13.8 Å². The lowest BCUT2D eigenvalue weighted by Crippen LogP contribution is -2.57. The molecule has 29 heavy (non-hydrogen) atoms. The fraction of sp³-hybridized carbons (Fsp3) is 0.619. The van der Waals surface area contributed by atoms with Gasteiger partial charge in [0.15, 0.2) is 0 Å². The van der Waals surface area contributed by atoms with Crippen LogP contribution < -0.4 is 4.90 Å². The van der Waals surface area contributed by atoms with E-state index in [2.05, 4.69) is 33.7 Å². The molecule has 4 heterocycles. The minimum atomic E-state index is -0.697. The van der Waals surface area contributed by atoms with Crippen LogP contribution in [0.15, 0.2) is 18.6 Å². The molecule has 0 unspecified atom stereocenters. The standard InChI is InChI=1S/C21H28N6O2/c1-14(2)11-27-20(29)26(12-15-3-4-15)19(28)21(27)6-9-25(10-7-21)18-16-5-8-22-17(16)23-13-24-18/h5,8,13-15H,3-4,6-7,9-12H2,1-2H3,(H,22,23,24). The van der Waals surface area contributed by atoms with Crippen molar-refractivity contribution in [2.24, 2.45) is 11.8 Å². The lowest BCUT2D eigenvalue weighted by molar-refractivity contribution is -0.134. The topological polar surface area (TPSA) is 85.4 Å². The first kappa shape index (κ1) is 18.4. The van der Waals surface area contributed by atoms with E-state index in [9.17, 15) is 9.59 Å². The SMILES string of the molecule is CC(C)CN1C(=O)N(CC2CC2)C(=O)C12CCN(c1ncnc3[nH]ccc13)CC2. The summed E-state index contributed by atoms with van der Waals surface area (Å²) >= 11 is 0. The Hall–Kier alpha value is -2.64. The normalized spacial score (nSPS) is 22.0. The van der Waals surface area contributed by atoms with E-state index in [1.165, 1.54) is 0 Å². The van der Waals surface area contributed by atoms with Crippen LogP contribution in [0.2, 0.25) is 0 Å². The third kappa shape index (κ3) is 2.96. The highest BCUT2D eigenvalue weighted by molar-refractivity contribution is 6.07. The van der Waals surface area contributed by atoms with Crippen LogP contribution in [0.3, 0.4) is 0 Å². The fourth-order valence-corrected chi connectivity index (χ4v) is 4.80. The number of nitrogens with zero attached hydrogens (tertiary/aromatic N) is 5. The number of urea groups is 1. The van der Waals surface area contributed by atoms with Gasteiger partial charge in [0.25, 0.3) is 5.91 Å². The summed E-state index contributed by atoms with van der Waals surface area (Å²) in [6.45, 7) is 6.82. The Labute approximate surface area is 170 Å². The summed E-state index contributed by atoms with van der Waals surface area (Å²) in [7, 11) is 0. The number of H-pyrrole nitrogens is 1. The number of hydrogen-bond acceptors (Lipinski definition) is 5. The second-order valence-electron chi connectivity index (χ2n) is 9.10. The number of aromatic amines is 1. The average Bonchev–Trinajstić information content (AvgIpc) is 3.38. The van der Waals surface area contributed by atoms with E-state index < -0.39 is 5.54 Å². The maximum Gasteiger partial charge on any atom is 0.327 e. The molecule has 0 atom stereocenters. The summed E-state index contributed by atoms with van der Waals surface area (Å²) in [6.07, 6.45) is 6.98. The number of nitrogens with one attached hydrogen (secondary N) is 1. The van der Waals surface area contributed by atoms with Gasteiger partial charge in [-0.3, -0.25) is 9.69 Å². The van der Waals surface area contributed by atoms with Crippen LogP contribution in [0, 0.1) is 11.8 Å². The Morgan fingerprint density at radius 3 is 2.66 bits per heavy atom. The lowest BCUT2D eigenvalue weighted by Gasteiger charge is -2.43. The molecular formula is C21H28N6O2. The maximum absolute atomic E-state index is 13.5. The van der Waals surface area contributed by atoms with Crippen molar-refractivity contribution < 1.29 is 9.59 Å². The zero-order valence-electron chi connectivity index (χ0n) is 17.1. The van der Waals surface area contributed by atoms with Gasteiger partial charge < -0.3 is 14.8 Å². The molecule has 0 aromatic carbocycles. The minimum absolute atomic E-state index is 0.0178. The second-order valence-corrected chi connectivity index (χ2v) is 9.10. The Balaban J connectivity index is 1.41. The molecule has 8 heteroatoms. The molecule has 2 aliphatic heterocycles. The van der Waals surface area contributed by atoms with Crippen LogP contribution in [-0.4, -0.2) is 68.4 Å². The van der Waals surface area contributed by atoms with Crippen LogP contribution in [0.5, 0.6) is 0 Å². The van der Waals surface area contributed by atoms with Crippen molar-refractivity contribution in [1.29, 1.82) is 0 Å². The van der Waals surface area contributed by atoms with Gasteiger partial charge in [-0.05, 0) is 43.6 Å². The summed E-state index contributed by atoms with van der Waals surface area (Å²) in [5.41, 5.74) is 0.122. The van der Waals surface area contributed by atoms with E-state index in [0.717, 1.165) is 29.7 Å². The predicted molar refractivity (Wildman–Crippen MR) is 109 cm³/mol. The summed E-state index contributed by atoms with van der Waals surface area (Å²) in [5, 5.41) is 0.992. The highest BCUT2D eigenvalue weighted by Gasteiger charge is 2.58. The number of piperidine rings is 1. The zero-order valence-corrected chi connectivity index (χ0v) is 17.1. The summed E-state index contributed by atoms with van der Waals surface area (Å²) in [6, 6.07) is 1.90. The Morgan fingerprint density at radius 2 is 1.97 bits per heavy atom. The molecule has 0 radical (unpaired) electrons. The zero-order chi connectivity index (χ0) is 20.2. The van der Waals surface area contributed by atoms with Gasteiger partial charge in [0.2, 0.25) is 0 Å². The fourth-order valence-electron chi connectivity index (χ4n) is 4.80. The van der Waals surface area contributed by atoms with Crippen LogP contribution in [0.4, 0.5) is 10.6 Å². The van der Waals surface area contributed by atoms with Crippen molar-refractivity contribution in [1.82, 2.24) is 24.8 Å². The van der Waals surface area contributed by atoms with Gasteiger partial charge >= 0.3 is 6.03 Å². The van der Waals surface area contributed by atoms with E-state index >= 15 is 0 Å². The van der Waals surface area contributed by atoms with E-state index in [1.54, 1.807) is 11.2 Å². The molecule has 8 nitrogen and oxygen atoms in total. The molecule has 154 valence electrons. The number of aromatic nitrogens is 3. The Morgan fingerprint density at radius 1 is 1.21 bits per heavy atom. The van der Waals surface area contributed by atoms with Gasteiger partial charge in [0, 0.05) is 32.4 Å². The van der Waals surface area contributed by atoms with Crippen molar-refractivity contribution >= 4 is 28.8 Å². The van der Waals surface area contributed by atoms with Gasteiger partial charge in [-0.25, -0.2) is 14.8 Å². The molecule has 1 spiro atoms. The minimum Gasteiger partial charge on any atom is -0.356 e. The molecule has 5 rings (SSSR count). The third-order valence-corrected chi connectivity index (χ3v) is 6.53. The number of amides is 3. The first-order chi connectivity index (χ1) is 14.0. The molecule has 1 aliphatic carbocycles. The first-order valence-electron chi connectivity index (χ1n) is 10.7. The number of rotatable bonds is 5. The van der Waals surface area contributed by atoms with Crippen LogP contribution in [-0.2, 0) is 4.79 Å². The highest BCUT2D eigenvalue weighted by Crippen LogP contribution is 2.41. The van der Waals surface area contributed by atoms with Crippen molar-refractivity contribution in [2.75, 3.05) is 31.1 Å². The maximum atomic E-state index is 13.5. The molecule has 3 aliphatic rings. The largest absolute Gasteiger partial charge is 0.356 e. The van der Waals surface area contributed by atoms with E-state index in [4.69, 9.17) is 0 Å². The van der Waals surface area contributed by atoms with Crippen LogP contribution >= 0.6 is 0 Å². The molecule has 2 saturated heterocycles. The molecule has 0 bridgehead atoms. The number of carbonyl (C=O) groups is 2. The van der Waals surface area contributed by atoms with E-state index in [-0.39, 0.29) is 11.9 Å². The summed E-state index contributed by atoms with van der Waals surface area (Å²) in [5.74, 6) is 1.74. The van der Waals surface area contributed by atoms with E-state index in [0.29, 0.717) is 50.9 Å². The van der Waals surface area contributed by atoms with E-state index in [1.807, 2.05) is 17.2 Å². The highest BCUT2D eigenvalue weighted by atomic mass is 16.2. The third-order valence-electron chi connectivity index (χ3n) is 6.53. The van der Waals surface area contributed by atoms with Gasteiger partial charge in [-0.2, -0.15) is 0 Å². The molecule has 1 N–H and O–H groups in total. The molecule has 1 saturated carbocycles. The van der Waals surface area contributed by atoms with Gasteiger partial charge in [0.1, 0.15) is 23.3 Å². The summed E-state index contributed by atoms with van der Waals surface area (Å²) in [4.78, 5) is 44.2. The Bertz CT molecular complexity index is 942. The van der Waals surface area contributed by atoms with Crippen LogP contribution in [0.1, 0.15) is 39.5 Å². The Kier molecular flexibility index (Phi) is 4.26. The number of fused-ring (bicyclic) bond motifs is 1. The number of imide groups is 1. The molecule has 2 aromatic heterocycles. The summed E-state index contributed by atoms with van der Waals surface area (Å²) < 4.78 is 0. The van der Waals surface area contributed by atoms with Crippen molar-refractivity contribution in [3.63, 3.8) is 0 Å². The smallest absolute Gasteiger partial charge is 0.327 e. The monoisotopic (exact) mass is 396 g/mol.